The summed E-state index contributed by atoms with van der Waals surface area (Å²) in [5.41, 5.74) is 5.72. The fourth-order valence-corrected chi connectivity index (χ4v) is 2.60. The first kappa shape index (κ1) is 10.5. The van der Waals surface area contributed by atoms with Gasteiger partial charge in [-0.2, -0.15) is 4.37 Å². The highest BCUT2D eigenvalue weighted by Gasteiger charge is 2.25. The molecule has 84 valence electrons. The third-order valence-electron chi connectivity index (χ3n) is 2.49. The van der Waals surface area contributed by atoms with Gasteiger partial charge in [-0.05, 0) is 18.5 Å². The summed E-state index contributed by atoms with van der Waals surface area (Å²) in [7, 11) is 1.62. The first-order valence-electron chi connectivity index (χ1n) is 4.87. The zero-order valence-corrected chi connectivity index (χ0v) is 9.71. The Balaban J connectivity index is 2.27. The van der Waals surface area contributed by atoms with Crippen molar-refractivity contribution < 1.29 is 9.47 Å². The van der Waals surface area contributed by atoms with Gasteiger partial charge in [-0.1, -0.05) is 0 Å². The van der Waals surface area contributed by atoms with Gasteiger partial charge in [0.1, 0.15) is 0 Å². The zero-order chi connectivity index (χ0) is 10.8. The highest BCUT2D eigenvalue weighted by Crippen LogP contribution is 2.39. The lowest BCUT2D eigenvalue weighted by molar-refractivity contribution is 0.0990. The van der Waals surface area contributed by atoms with Gasteiger partial charge in [0.25, 0.3) is 0 Å². The van der Waals surface area contributed by atoms with E-state index >= 15 is 0 Å². The van der Waals surface area contributed by atoms with Gasteiger partial charge in [0.15, 0.2) is 16.6 Å². The molecular formula is C9H15N3O2S. The number of anilines is 2. The van der Waals surface area contributed by atoms with Crippen molar-refractivity contribution in [2.45, 2.75) is 13.0 Å². The van der Waals surface area contributed by atoms with Crippen LogP contribution in [0.3, 0.4) is 0 Å². The van der Waals surface area contributed by atoms with Crippen molar-refractivity contribution >= 4 is 22.4 Å². The summed E-state index contributed by atoms with van der Waals surface area (Å²) in [6, 6.07) is 0.340. The van der Waals surface area contributed by atoms with E-state index in [1.165, 1.54) is 11.5 Å². The van der Waals surface area contributed by atoms with Crippen LogP contribution in [0.25, 0.3) is 0 Å². The molecule has 0 aromatic carbocycles. The Morgan fingerprint density at radius 3 is 3.13 bits per heavy atom. The minimum Gasteiger partial charge on any atom is -0.490 e. The topological polar surface area (TPSA) is 60.6 Å². The molecule has 0 radical (unpaired) electrons. The molecule has 0 aliphatic carbocycles. The van der Waals surface area contributed by atoms with E-state index in [2.05, 4.69) is 16.2 Å². The molecule has 2 rings (SSSR count). The van der Waals surface area contributed by atoms with Gasteiger partial charge in [0, 0.05) is 6.54 Å². The Labute approximate surface area is 92.9 Å². The Hall–Kier alpha value is -1.01. The van der Waals surface area contributed by atoms with Crippen LogP contribution in [0.2, 0.25) is 0 Å². The van der Waals surface area contributed by atoms with Crippen LogP contribution in [-0.2, 0) is 4.74 Å². The fraction of sp³-hybridized carbons (Fsp3) is 0.667. The molecule has 15 heavy (non-hydrogen) atoms. The Morgan fingerprint density at radius 1 is 1.67 bits per heavy atom. The second kappa shape index (κ2) is 4.24. The number of morpholine rings is 1. The van der Waals surface area contributed by atoms with E-state index < -0.39 is 0 Å². The van der Waals surface area contributed by atoms with Gasteiger partial charge in [-0.15, -0.1) is 0 Å². The molecule has 2 heterocycles. The molecule has 6 heteroatoms. The number of methoxy groups -OCH3 is 1. The lowest BCUT2D eigenvalue weighted by Crippen LogP contribution is -2.43. The minimum atomic E-state index is 0.340. The number of hydrogen-bond donors (Lipinski definition) is 1. The fourth-order valence-electron chi connectivity index (χ4n) is 1.69. The lowest BCUT2D eigenvalue weighted by Gasteiger charge is -2.33. The number of nitrogens with zero attached hydrogens (tertiary/aromatic N) is 2. The number of nitrogens with two attached hydrogens (primary N) is 1. The molecule has 1 unspecified atom stereocenters. The number of rotatable bonds is 2. The normalized spacial score (nSPS) is 21.7. The van der Waals surface area contributed by atoms with Gasteiger partial charge in [-0.25, -0.2) is 0 Å². The first-order valence-corrected chi connectivity index (χ1v) is 5.65. The van der Waals surface area contributed by atoms with Crippen molar-refractivity contribution in [3.63, 3.8) is 0 Å². The predicted octanol–water partition coefficient (Wildman–Crippen LogP) is 0.959. The molecule has 0 bridgehead atoms. The number of ether oxygens (including phenoxy) is 2. The van der Waals surface area contributed by atoms with Crippen molar-refractivity contribution in [2.75, 3.05) is 37.5 Å². The van der Waals surface area contributed by atoms with Gasteiger partial charge >= 0.3 is 0 Å². The lowest BCUT2D eigenvalue weighted by atomic mass is 10.2. The van der Waals surface area contributed by atoms with Crippen LogP contribution in [0.1, 0.15) is 6.92 Å². The van der Waals surface area contributed by atoms with E-state index in [0.717, 1.165) is 24.8 Å². The average Bonchev–Trinajstić information content (AvgIpc) is 2.60. The largest absolute Gasteiger partial charge is 0.490 e. The first-order chi connectivity index (χ1) is 7.24. The van der Waals surface area contributed by atoms with Gasteiger partial charge in [-0.3, -0.25) is 0 Å². The van der Waals surface area contributed by atoms with Crippen molar-refractivity contribution in [2.24, 2.45) is 0 Å². The number of nitrogen functional groups attached to an aromatic ring is 1. The summed E-state index contributed by atoms with van der Waals surface area (Å²) in [6.07, 6.45) is 0. The second-order valence-electron chi connectivity index (χ2n) is 3.52. The Bertz CT molecular complexity index is 342. The van der Waals surface area contributed by atoms with Crippen molar-refractivity contribution in [3.05, 3.63) is 0 Å². The van der Waals surface area contributed by atoms with Gasteiger partial charge in [0.2, 0.25) is 0 Å². The molecule has 1 aliphatic heterocycles. The van der Waals surface area contributed by atoms with Crippen LogP contribution in [0.4, 0.5) is 10.8 Å². The summed E-state index contributed by atoms with van der Waals surface area (Å²) in [6.45, 7) is 4.46. The van der Waals surface area contributed by atoms with Crippen LogP contribution in [0, 0.1) is 0 Å². The van der Waals surface area contributed by atoms with Crippen LogP contribution in [0.15, 0.2) is 0 Å². The molecular weight excluding hydrogens is 214 g/mol. The molecule has 0 spiro atoms. The van der Waals surface area contributed by atoms with E-state index in [-0.39, 0.29) is 0 Å². The molecule has 1 atom stereocenters. The summed E-state index contributed by atoms with van der Waals surface area (Å²) >= 11 is 1.38. The van der Waals surface area contributed by atoms with Gasteiger partial charge < -0.3 is 20.1 Å². The zero-order valence-electron chi connectivity index (χ0n) is 8.90. The smallest absolute Gasteiger partial charge is 0.197 e. The Kier molecular flexibility index (Phi) is 2.97. The van der Waals surface area contributed by atoms with E-state index in [4.69, 9.17) is 15.2 Å². The highest BCUT2D eigenvalue weighted by atomic mass is 32.1. The van der Waals surface area contributed by atoms with Crippen LogP contribution < -0.4 is 15.4 Å². The van der Waals surface area contributed by atoms with E-state index in [9.17, 15) is 0 Å². The van der Waals surface area contributed by atoms with Crippen LogP contribution in [0.5, 0.6) is 5.75 Å². The maximum absolute atomic E-state index is 5.72. The molecule has 0 saturated carbocycles. The van der Waals surface area contributed by atoms with E-state index in [1.54, 1.807) is 7.11 Å². The summed E-state index contributed by atoms with van der Waals surface area (Å²) in [4.78, 5) is 2.23. The summed E-state index contributed by atoms with van der Waals surface area (Å²) in [5.74, 6) is 1.16. The second-order valence-corrected chi connectivity index (χ2v) is 4.28. The third-order valence-corrected chi connectivity index (χ3v) is 3.37. The van der Waals surface area contributed by atoms with Crippen molar-refractivity contribution in [3.8, 4) is 5.75 Å². The molecule has 1 fully saturated rings. The van der Waals surface area contributed by atoms with Crippen LogP contribution in [-0.4, -0.2) is 37.3 Å². The molecule has 1 aliphatic rings. The van der Waals surface area contributed by atoms with Crippen molar-refractivity contribution in [1.82, 2.24) is 4.37 Å². The SMILES string of the molecule is COc1c(N)nsc1N1CCOCC1C. The molecule has 1 aromatic heterocycles. The average molecular weight is 229 g/mol. The van der Waals surface area contributed by atoms with Crippen LogP contribution >= 0.6 is 11.5 Å². The van der Waals surface area contributed by atoms with Gasteiger partial charge in [0.05, 0.1) is 26.4 Å². The number of hydrogen-bond acceptors (Lipinski definition) is 6. The number of aromatic nitrogens is 1. The minimum absolute atomic E-state index is 0.340. The molecule has 2 N–H and O–H groups in total. The highest BCUT2D eigenvalue weighted by molar-refractivity contribution is 7.11. The predicted molar refractivity (Wildman–Crippen MR) is 60.7 cm³/mol. The Morgan fingerprint density at radius 2 is 2.47 bits per heavy atom. The molecule has 1 aromatic rings. The maximum Gasteiger partial charge on any atom is 0.197 e. The monoisotopic (exact) mass is 229 g/mol. The maximum atomic E-state index is 5.72. The standard InChI is InChI=1S/C9H15N3O2S/c1-6-5-14-4-3-12(6)9-7(13-2)8(10)11-15-9/h6H,3-5H2,1-2H3,(H2,10,11). The van der Waals surface area contributed by atoms with E-state index in [1.807, 2.05) is 0 Å². The quantitative estimate of drug-likeness (QED) is 0.818. The van der Waals surface area contributed by atoms with E-state index in [0.29, 0.717) is 17.6 Å². The summed E-state index contributed by atoms with van der Waals surface area (Å²) in [5, 5.41) is 1.01. The van der Waals surface area contributed by atoms with Crippen molar-refractivity contribution in [1.29, 1.82) is 0 Å². The molecule has 5 nitrogen and oxygen atoms in total. The molecule has 1 saturated heterocycles. The third kappa shape index (κ3) is 1.87. The molecule has 0 amide bonds. The summed E-state index contributed by atoms with van der Waals surface area (Å²) < 4.78 is 14.8.